The molecule has 0 bridgehead atoms. The first-order valence-corrected chi connectivity index (χ1v) is 27.9. The van der Waals surface area contributed by atoms with Crippen molar-refractivity contribution in [2.45, 2.75) is 80.8 Å². The highest BCUT2D eigenvalue weighted by Gasteiger charge is 2.58. The molecule has 4 unspecified atom stereocenters. The van der Waals surface area contributed by atoms with Crippen molar-refractivity contribution in [3.63, 3.8) is 0 Å². The van der Waals surface area contributed by atoms with Crippen LogP contribution in [0, 0.1) is 5.92 Å². The van der Waals surface area contributed by atoms with E-state index in [0.29, 0.717) is 72.5 Å². The number of fused-ring (bicyclic) bond motifs is 6. The second-order valence-electron chi connectivity index (χ2n) is 17.7. The maximum Gasteiger partial charge on any atom is 0.339 e. The number of nitrogens with zero attached hydrogens (tertiary/aromatic N) is 4. The van der Waals surface area contributed by atoms with Crippen molar-refractivity contribution in [2.24, 2.45) is 11.0 Å². The standard InChI is InChI=1S/C49H52N8O16S3/c50-56-55-30-11-8-28(9-12-30)44(63)52-20-5-3-6-37(46(65)53-21-23-75-74-22-18-41(60)51-19-4-1-2-7-43(62)73-57-42(61)27-40(47(57)66)76(68,69)70)54-45(64)29-10-15-34-33(24-29)48(67)72-49(34)35-16-13-31(58)25-38(35)71-39-26-32(59)14-17-36(39)49/h8-17,24-26,35,37-38,40,58-59H,1-7,18-23,27H2,(H,51,60)(H,52,63)(H,53,65)(H,54,64)(H,68,69,70)/t35?,37-,38?,40?,49?/m0/s1. The van der Waals surface area contributed by atoms with Gasteiger partial charge in [-0.1, -0.05) is 57.4 Å². The number of unbranched alkanes of at least 4 members (excludes halogenated alkanes) is 3. The second-order valence-corrected chi connectivity index (χ2v) is 22.0. The highest BCUT2D eigenvalue weighted by atomic mass is 33.1. The molecule has 76 heavy (non-hydrogen) atoms. The molecule has 5 atom stereocenters. The normalized spacial score (nSPS) is 19.4. The number of hydrogen-bond donors (Lipinski definition) is 7. The summed E-state index contributed by atoms with van der Waals surface area (Å²) in [6.45, 7) is 0.784. The van der Waals surface area contributed by atoms with Gasteiger partial charge in [-0.25, -0.2) is 9.59 Å². The summed E-state index contributed by atoms with van der Waals surface area (Å²) < 4.78 is 44.0. The molecule has 1 saturated heterocycles. The summed E-state index contributed by atoms with van der Waals surface area (Å²) in [5.74, 6) is -5.36. The van der Waals surface area contributed by atoms with Crippen molar-refractivity contribution in [1.29, 1.82) is 0 Å². The molecule has 0 aromatic heterocycles. The maximum absolute atomic E-state index is 14.0. The van der Waals surface area contributed by atoms with Crippen molar-refractivity contribution in [3.8, 4) is 11.5 Å². The number of aliphatic hydroxyl groups excluding tert-OH is 1. The number of benzene rings is 3. The lowest BCUT2D eigenvalue weighted by Crippen LogP contribution is -2.48. The Morgan fingerprint density at radius 2 is 1.58 bits per heavy atom. The third-order valence-electron chi connectivity index (χ3n) is 12.5. The number of aromatic hydroxyl groups is 1. The van der Waals surface area contributed by atoms with E-state index in [1.54, 1.807) is 18.2 Å². The van der Waals surface area contributed by atoms with E-state index in [4.69, 9.17) is 24.4 Å². The number of ether oxygens (including phenoxy) is 2. The molecular formula is C49H52N8O16S3. The molecule has 4 aliphatic rings. The monoisotopic (exact) mass is 1100 g/mol. The Morgan fingerprint density at radius 3 is 2.33 bits per heavy atom. The zero-order valence-electron chi connectivity index (χ0n) is 40.4. The van der Waals surface area contributed by atoms with E-state index in [0.717, 1.165) is 0 Å². The molecule has 1 fully saturated rings. The first-order chi connectivity index (χ1) is 36.4. The van der Waals surface area contributed by atoms with Gasteiger partial charge in [0.15, 0.2) is 10.9 Å². The fourth-order valence-corrected chi connectivity index (χ4v) is 11.4. The number of phenols is 1. The predicted molar refractivity (Wildman–Crippen MR) is 273 cm³/mol. The average Bonchev–Trinajstić information content (AvgIpc) is 3.96. The lowest BCUT2D eigenvalue weighted by molar-refractivity contribution is -0.197. The SMILES string of the molecule is [N-]=[N+]=Nc1ccc(C(=O)NCCCC[C@H](NC(=O)c2ccc3c(c2)C(=O)OC32c3ccc(O)cc3OC3C=C(O)C=CC32)C(=O)NCCSSCCC(=O)NCCCCCC(=O)ON2C(=O)CC(S(=O)(=O)O)C2=O)cc1. The number of esters is 1. The van der Waals surface area contributed by atoms with Crippen molar-refractivity contribution in [3.05, 3.63) is 123 Å². The zero-order valence-corrected chi connectivity index (χ0v) is 42.8. The molecule has 3 heterocycles. The van der Waals surface area contributed by atoms with Crippen LogP contribution in [0.4, 0.5) is 5.69 Å². The van der Waals surface area contributed by atoms with E-state index >= 15 is 0 Å². The largest absolute Gasteiger partial charge is 0.508 e. The summed E-state index contributed by atoms with van der Waals surface area (Å²) >= 11 is 0. The number of carbonyl (C=O) groups is 8. The minimum atomic E-state index is -4.84. The van der Waals surface area contributed by atoms with Crippen molar-refractivity contribution in [1.82, 2.24) is 26.3 Å². The topological polar surface area (TPSA) is 359 Å². The number of phenolic OH excluding ortho intramolecular Hbond substituents is 1. The van der Waals surface area contributed by atoms with Crippen molar-refractivity contribution >= 4 is 84.8 Å². The molecule has 0 saturated carbocycles. The molecule has 3 aliphatic heterocycles. The number of amides is 6. The number of carbonyl (C=O) groups excluding carboxylic acids is 8. The van der Waals surface area contributed by atoms with Gasteiger partial charge < -0.3 is 45.8 Å². The van der Waals surface area contributed by atoms with Crippen LogP contribution in [0.25, 0.3) is 10.4 Å². The highest BCUT2D eigenvalue weighted by Crippen LogP contribution is 2.56. The van der Waals surface area contributed by atoms with Crippen LogP contribution < -0.4 is 26.0 Å². The molecule has 3 aromatic rings. The number of nitrogens with one attached hydrogen (secondary N) is 4. The lowest BCUT2D eigenvalue weighted by atomic mass is 9.70. The van der Waals surface area contributed by atoms with Crippen LogP contribution in [0.5, 0.6) is 11.5 Å². The summed E-state index contributed by atoms with van der Waals surface area (Å²) in [5, 5.41) is 33.4. The quantitative estimate of drug-likeness (QED) is 0.00869. The molecule has 402 valence electrons. The number of imide groups is 1. The Balaban J connectivity index is 0.872. The third kappa shape index (κ3) is 13.6. The summed E-state index contributed by atoms with van der Waals surface area (Å²) in [5.41, 5.74) is 8.99. The zero-order chi connectivity index (χ0) is 54.6. The van der Waals surface area contributed by atoms with Gasteiger partial charge in [0.1, 0.15) is 29.4 Å². The minimum Gasteiger partial charge on any atom is -0.508 e. The van der Waals surface area contributed by atoms with Gasteiger partial charge in [-0.05, 0) is 86.2 Å². The first kappa shape index (κ1) is 56.2. The second kappa shape index (κ2) is 25.3. The number of azide groups is 1. The Bertz CT molecular complexity index is 3000. The van der Waals surface area contributed by atoms with Gasteiger partial charge in [-0.15, -0.1) is 5.06 Å². The average molecular weight is 1110 g/mol. The smallest absolute Gasteiger partial charge is 0.339 e. The number of hydroxylamine groups is 2. The fraction of sp³-hybridized carbons (Fsp3) is 0.388. The molecule has 7 rings (SSSR count). The fourth-order valence-electron chi connectivity index (χ4n) is 8.79. The number of allylic oxidation sites excluding steroid dienone is 1. The Labute approximate surface area is 442 Å². The van der Waals surface area contributed by atoms with Gasteiger partial charge in [0.05, 0.1) is 17.9 Å². The molecule has 27 heteroatoms. The summed E-state index contributed by atoms with van der Waals surface area (Å²) in [7, 11) is -2.00. The van der Waals surface area contributed by atoms with Gasteiger partial charge >= 0.3 is 11.9 Å². The number of rotatable bonds is 25. The highest BCUT2D eigenvalue weighted by molar-refractivity contribution is 8.76. The van der Waals surface area contributed by atoms with E-state index in [1.165, 1.54) is 82.3 Å². The Morgan fingerprint density at radius 1 is 0.855 bits per heavy atom. The van der Waals surface area contributed by atoms with Crippen molar-refractivity contribution < 1.29 is 75.9 Å². The van der Waals surface area contributed by atoms with Gasteiger partial charge in [0.2, 0.25) is 11.8 Å². The molecule has 24 nitrogen and oxygen atoms in total. The predicted octanol–water partition coefficient (Wildman–Crippen LogP) is 4.87. The number of aliphatic hydroxyl groups is 1. The van der Waals surface area contributed by atoms with Crippen LogP contribution in [0.1, 0.15) is 100.0 Å². The van der Waals surface area contributed by atoms with Crippen LogP contribution in [0.15, 0.2) is 89.8 Å². The Kier molecular flexibility index (Phi) is 18.7. The molecular weight excluding hydrogens is 1050 g/mol. The molecule has 1 aliphatic carbocycles. The van der Waals surface area contributed by atoms with Gasteiger partial charge in [0.25, 0.3) is 33.7 Å². The van der Waals surface area contributed by atoms with Gasteiger partial charge in [-0.3, -0.25) is 33.3 Å². The summed E-state index contributed by atoms with van der Waals surface area (Å²) in [4.78, 5) is 110. The summed E-state index contributed by atoms with van der Waals surface area (Å²) in [6, 6.07) is 14.0. The number of hydrogen-bond acceptors (Lipinski definition) is 18. The van der Waals surface area contributed by atoms with Crippen LogP contribution in [0.2, 0.25) is 0 Å². The van der Waals surface area contributed by atoms with E-state index in [1.807, 2.05) is 0 Å². The van der Waals surface area contributed by atoms with E-state index in [9.17, 15) is 57.0 Å². The molecule has 3 aromatic carbocycles. The third-order valence-corrected chi connectivity index (χ3v) is 16.0. The summed E-state index contributed by atoms with van der Waals surface area (Å²) in [6.07, 6.45) is 5.36. The van der Waals surface area contributed by atoms with Crippen LogP contribution in [0.3, 0.4) is 0 Å². The molecule has 6 amide bonds. The van der Waals surface area contributed by atoms with Crippen molar-refractivity contribution in [2.75, 3.05) is 31.1 Å². The van der Waals surface area contributed by atoms with Crippen LogP contribution >= 0.6 is 21.6 Å². The van der Waals surface area contributed by atoms with E-state index < -0.39 is 81.0 Å². The van der Waals surface area contributed by atoms with E-state index in [2.05, 4.69) is 31.3 Å². The first-order valence-electron chi connectivity index (χ1n) is 23.9. The molecule has 1 spiro atoms. The Hall–Kier alpha value is -7.58. The molecule has 0 radical (unpaired) electrons. The molecule has 7 N–H and O–H groups in total. The lowest BCUT2D eigenvalue weighted by Gasteiger charge is -2.44. The van der Waals surface area contributed by atoms with Gasteiger partial charge in [0, 0.05) is 82.9 Å². The minimum absolute atomic E-state index is 0.0501. The van der Waals surface area contributed by atoms with Gasteiger partial charge in [-0.2, -0.15) is 8.42 Å². The van der Waals surface area contributed by atoms with E-state index in [-0.39, 0.29) is 77.6 Å². The van der Waals surface area contributed by atoms with Crippen LogP contribution in [-0.2, 0) is 49.3 Å². The maximum atomic E-state index is 14.0. The van der Waals surface area contributed by atoms with Crippen LogP contribution in [-0.4, -0.2) is 124 Å².